The van der Waals surface area contributed by atoms with Crippen LogP contribution in [0, 0.1) is 0 Å². The first-order valence-electron chi connectivity index (χ1n) is 4.41. The zero-order chi connectivity index (χ0) is 8.27. The van der Waals surface area contributed by atoms with Gasteiger partial charge in [0.05, 0.1) is 0 Å². The fraction of sp³-hybridized carbons (Fsp3) is 1.00. The molecule has 1 heterocycles. The summed E-state index contributed by atoms with van der Waals surface area (Å²) in [6, 6.07) is 1.23. The molecular formula is C8H19N3. The van der Waals surface area contributed by atoms with Crippen LogP contribution in [0.15, 0.2) is 0 Å². The lowest BCUT2D eigenvalue weighted by atomic mass is 10.1. The molecule has 0 unspecified atom stereocenters. The standard InChI is InChI=1S/C8H19N3/c1-7-5-11(4-3-9)6-8(2)10-7/h7-8,10H,3-6,9H2,1-2H3/t7-,8+. The molecule has 66 valence electrons. The summed E-state index contributed by atoms with van der Waals surface area (Å²) in [5.74, 6) is 0. The maximum Gasteiger partial charge on any atom is 0.0169 e. The van der Waals surface area contributed by atoms with Crippen molar-refractivity contribution in [3.05, 3.63) is 0 Å². The molecule has 3 nitrogen and oxygen atoms in total. The molecule has 0 bridgehead atoms. The number of nitrogens with two attached hydrogens (primary N) is 1. The van der Waals surface area contributed by atoms with Crippen LogP contribution in [-0.2, 0) is 0 Å². The van der Waals surface area contributed by atoms with Gasteiger partial charge >= 0.3 is 0 Å². The van der Waals surface area contributed by atoms with E-state index in [9.17, 15) is 0 Å². The lowest BCUT2D eigenvalue weighted by molar-refractivity contribution is 0.178. The average molecular weight is 157 g/mol. The molecule has 3 N–H and O–H groups in total. The van der Waals surface area contributed by atoms with Gasteiger partial charge in [-0.05, 0) is 13.8 Å². The molecule has 0 amide bonds. The summed E-state index contributed by atoms with van der Waals surface area (Å²) >= 11 is 0. The van der Waals surface area contributed by atoms with Crippen molar-refractivity contribution in [1.29, 1.82) is 0 Å². The second-order valence-corrected chi connectivity index (χ2v) is 3.52. The molecule has 11 heavy (non-hydrogen) atoms. The predicted octanol–water partition coefficient (Wildman–Crippen LogP) is -0.373. The fourth-order valence-electron chi connectivity index (χ4n) is 1.81. The van der Waals surface area contributed by atoms with Gasteiger partial charge in [0.2, 0.25) is 0 Å². The van der Waals surface area contributed by atoms with Crippen LogP contribution in [0.1, 0.15) is 13.8 Å². The summed E-state index contributed by atoms with van der Waals surface area (Å²) in [6.07, 6.45) is 0. The minimum Gasteiger partial charge on any atom is -0.329 e. The highest BCUT2D eigenvalue weighted by atomic mass is 15.2. The Labute approximate surface area is 68.9 Å². The molecule has 0 aliphatic carbocycles. The van der Waals surface area contributed by atoms with Gasteiger partial charge in [-0.1, -0.05) is 0 Å². The first-order valence-corrected chi connectivity index (χ1v) is 4.41. The third-order valence-electron chi connectivity index (χ3n) is 2.08. The van der Waals surface area contributed by atoms with Crippen molar-refractivity contribution in [2.24, 2.45) is 5.73 Å². The Hall–Kier alpha value is -0.120. The molecule has 0 saturated carbocycles. The van der Waals surface area contributed by atoms with Crippen molar-refractivity contribution in [3.8, 4) is 0 Å². The summed E-state index contributed by atoms with van der Waals surface area (Å²) in [6.45, 7) is 8.54. The van der Waals surface area contributed by atoms with Crippen molar-refractivity contribution < 1.29 is 0 Å². The SMILES string of the molecule is C[C@@H]1CN(CCN)C[C@H](C)N1. The van der Waals surface area contributed by atoms with Crippen LogP contribution in [0.4, 0.5) is 0 Å². The van der Waals surface area contributed by atoms with E-state index in [0.29, 0.717) is 12.1 Å². The zero-order valence-corrected chi connectivity index (χ0v) is 7.51. The maximum absolute atomic E-state index is 5.49. The van der Waals surface area contributed by atoms with E-state index in [1.165, 1.54) is 0 Å². The number of rotatable bonds is 2. The molecule has 1 aliphatic heterocycles. The minimum absolute atomic E-state index is 0.616. The molecule has 3 heteroatoms. The van der Waals surface area contributed by atoms with E-state index < -0.39 is 0 Å². The van der Waals surface area contributed by atoms with Gasteiger partial charge in [0, 0.05) is 38.3 Å². The number of hydrogen-bond donors (Lipinski definition) is 2. The van der Waals surface area contributed by atoms with Crippen molar-refractivity contribution in [3.63, 3.8) is 0 Å². The largest absolute Gasteiger partial charge is 0.329 e. The van der Waals surface area contributed by atoms with E-state index in [0.717, 1.165) is 26.2 Å². The highest BCUT2D eigenvalue weighted by Crippen LogP contribution is 2.02. The first-order chi connectivity index (χ1) is 5.22. The number of nitrogens with one attached hydrogen (secondary N) is 1. The van der Waals surface area contributed by atoms with Crippen LogP contribution in [0.5, 0.6) is 0 Å². The highest BCUT2D eigenvalue weighted by Gasteiger charge is 2.19. The van der Waals surface area contributed by atoms with Crippen molar-refractivity contribution in [1.82, 2.24) is 10.2 Å². The lowest BCUT2D eigenvalue weighted by Crippen LogP contribution is -2.54. The van der Waals surface area contributed by atoms with Crippen LogP contribution in [0.3, 0.4) is 0 Å². The van der Waals surface area contributed by atoms with E-state index in [1.54, 1.807) is 0 Å². The molecule has 0 spiro atoms. The van der Waals surface area contributed by atoms with E-state index in [4.69, 9.17) is 5.73 Å². The van der Waals surface area contributed by atoms with Crippen LogP contribution >= 0.6 is 0 Å². The Balaban J connectivity index is 2.30. The zero-order valence-electron chi connectivity index (χ0n) is 7.51. The van der Waals surface area contributed by atoms with Gasteiger partial charge in [0.25, 0.3) is 0 Å². The second-order valence-electron chi connectivity index (χ2n) is 3.52. The van der Waals surface area contributed by atoms with Crippen LogP contribution in [0.2, 0.25) is 0 Å². The van der Waals surface area contributed by atoms with E-state index >= 15 is 0 Å². The Bertz CT molecular complexity index is 106. The normalized spacial score (nSPS) is 34.1. The quantitative estimate of drug-likeness (QED) is 0.574. The van der Waals surface area contributed by atoms with Gasteiger partial charge in [0.1, 0.15) is 0 Å². The molecule has 1 fully saturated rings. The summed E-state index contributed by atoms with van der Waals surface area (Å²) in [5, 5.41) is 3.49. The van der Waals surface area contributed by atoms with Crippen LogP contribution in [0.25, 0.3) is 0 Å². The summed E-state index contributed by atoms with van der Waals surface area (Å²) < 4.78 is 0. The fourth-order valence-corrected chi connectivity index (χ4v) is 1.81. The van der Waals surface area contributed by atoms with Gasteiger partial charge in [-0.2, -0.15) is 0 Å². The van der Waals surface area contributed by atoms with E-state index in [2.05, 4.69) is 24.1 Å². The Kier molecular flexibility index (Phi) is 3.30. The molecule has 0 aromatic heterocycles. The molecule has 1 saturated heterocycles. The van der Waals surface area contributed by atoms with Gasteiger partial charge in [-0.3, -0.25) is 4.90 Å². The third kappa shape index (κ3) is 2.77. The summed E-state index contributed by atoms with van der Waals surface area (Å²) in [5.41, 5.74) is 5.49. The summed E-state index contributed by atoms with van der Waals surface area (Å²) in [4.78, 5) is 2.42. The van der Waals surface area contributed by atoms with Crippen molar-refractivity contribution in [2.75, 3.05) is 26.2 Å². The lowest BCUT2D eigenvalue weighted by Gasteiger charge is -2.35. The topological polar surface area (TPSA) is 41.3 Å². The van der Waals surface area contributed by atoms with E-state index in [1.807, 2.05) is 0 Å². The van der Waals surface area contributed by atoms with Gasteiger partial charge in [-0.25, -0.2) is 0 Å². The molecule has 2 atom stereocenters. The first kappa shape index (κ1) is 8.97. The van der Waals surface area contributed by atoms with Gasteiger partial charge < -0.3 is 11.1 Å². The Morgan fingerprint density at radius 3 is 2.36 bits per heavy atom. The second kappa shape index (κ2) is 4.04. The minimum atomic E-state index is 0.616. The summed E-state index contributed by atoms with van der Waals surface area (Å²) in [7, 11) is 0. The Morgan fingerprint density at radius 2 is 1.91 bits per heavy atom. The van der Waals surface area contributed by atoms with Crippen LogP contribution in [-0.4, -0.2) is 43.2 Å². The maximum atomic E-state index is 5.49. The average Bonchev–Trinajstić information content (AvgIpc) is 1.85. The van der Waals surface area contributed by atoms with Crippen molar-refractivity contribution in [2.45, 2.75) is 25.9 Å². The molecule has 0 radical (unpaired) electrons. The van der Waals surface area contributed by atoms with Gasteiger partial charge in [-0.15, -0.1) is 0 Å². The van der Waals surface area contributed by atoms with Crippen LogP contribution < -0.4 is 11.1 Å². The monoisotopic (exact) mass is 157 g/mol. The molecule has 0 aromatic rings. The molecule has 0 aromatic carbocycles. The molecule has 1 aliphatic rings. The predicted molar refractivity (Wildman–Crippen MR) is 47.6 cm³/mol. The smallest absolute Gasteiger partial charge is 0.0169 e. The number of nitrogens with zero attached hydrogens (tertiary/aromatic N) is 1. The van der Waals surface area contributed by atoms with Gasteiger partial charge in [0.15, 0.2) is 0 Å². The molecular weight excluding hydrogens is 138 g/mol. The highest BCUT2D eigenvalue weighted by molar-refractivity contribution is 4.80. The van der Waals surface area contributed by atoms with Crippen molar-refractivity contribution >= 4 is 0 Å². The Morgan fingerprint density at radius 1 is 1.36 bits per heavy atom. The number of piperazine rings is 1. The van der Waals surface area contributed by atoms with E-state index in [-0.39, 0.29) is 0 Å². The molecule has 1 rings (SSSR count). The number of hydrogen-bond acceptors (Lipinski definition) is 3. The third-order valence-corrected chi connectivity index (χ3v) is 2.08.